The summed E-state index contributed by atoms with van der Waals surface area (Å²) < 4.78 is 31.6. The lowest BCUT2D eigenvalue weighted by atomic mass is 10.1. The molecule has 1 aliphatic rings. The van der Waals surface area contributed by atoms with Crippen LogP contribution in [0.4, 0.5) is 14.5 Å². The van der Waals surface area contributed by atoms with Gasteiger partial charge >= 0.3 is 5.97 Å². The van der Waals surface area contributed by atoms with Crippen LogP contribution in [0.5, 0.6) is 0 Å². The van der Waals surface area contributed by atoms with Gasteiger partial charge in [0.2, 0.25) is 5.43 Å². The number of anilines is 1. The maximum atomic E-state index is 15.4. The minimum Gasteiger partial charge on any atom is -0.477 e. The molecule has 1 aromatic heterocycles. The second-order valence-corrected chi connectivity index (χ2v) is 7.54. The topological polar surface area (TPSA) is 74.6 Å². The number of nitrogens with one attached hydrogen (secondary N) is 1. The van der Waals surface area contributed by atoms with Gasteiger partial charge in [-0.05, 0) is 31.9 Å². The molecule has 2 heterocycles. The van der Waals surface area contributed by atoms with Crippen LogP contribution in [0.25, 0.3) is 10.9 Å². The molecule has 0 aliphatic carbocycles. The second kappa shape index (κ2) is 7.87. The van der Waals surface area contributed by atoms with Crippen molar-refractivity contribution in [1.29, 1.82) is 0 Å². The van der Waals surface area contributed by atoms with E-state index in [2.05, 4.69) is 5.32 Å². The Morgan fingerprint density at radius 3 is 2.71 bits per heavy atom. The average molecular weight is 393 g/mol. The van der Waals surface area contributed by atoms with E-state index in [1.165, 1.54) is 4.57 Å². The van der Waals surface area contributed by atoms with Crippen LogP contribution >= 0.6 is 0 Å². The van der Waals surface area contributed by atoms with Gasteiger partial charge in [-0.25, -0.2) is 13.6 Å². The van der Waals surface area contributed by atoms with Gasteiger partial charge in [-0.3, -0.25) is 4.79 Å². The molecule has 1 atom stereocenters. The third-order valence-electron chi connectivity index (χ3n) is 5.22. The zero-order valence-corrected chi connectivity index (χ0v) is 16.3. The molecule has 1 aliphatic heterocycles. The van der Waals surface area contributed by atoms with Crippen LogP contribution in [0.1, 0.15) is 37.6 Å². The molecule has 28 heavy (non-hydrogen) atoms. The van der Waals surface area contributed by atoms with Crippen molar-refractivity contribution in [2.45, 2.75) is 39.8 Å². The number of rotatable bonds is 6. The highest BCUT2D eigenvalue weighted by Crippen LogP contribution is 2.33. The molecule has 3 rings (SSSR count). The molecule has 6 nitrogen and oxygen atoms in total. The van der Waals surface area contributed by atoms with Gasteiger partial charge in [-0.2, -0.15) is 0 Å². The molecule has 0 saturated carbocycles. The monoisotopic (exact) mass is 393 g/mol. The summed E-state index contributed by atoms with van der Waals surface area (Å²) in [6, 6.07) is 1.31. The van der Waals surface area contributed by atoms with Gasteiger partial charge in [0.25, 0.3) is 0 Å². The van der Waals surface area contributed by atoms with E-state index in [-0.39, 0.29) is 29.1 Å². The Morgan fingerprint density at radius 2 is 2.11 bits per heavy atom. The predicted octanol–water partition coefficient (Wildman–Crippen LogP) is 2.82. The van der Waals surface area contributed by atoms with Gasteiger partial charge in [0.05, 0.1) is 10.9 Å². The molecule has 0 amide bonds. The highest BCUT2D eigenvalue weighted by Gasteiger charge is 2.29. The standard InChI is InChI=1S/C20H25F2N3O3/c1-4-24-10-14(20(27)28)19(26)13-7-15(21)18(16(22)17(13)24)25-6-5-12(9-25)8-23-11(2)3/h7,10-12,23H,4-6,8-9H2,1-3H3,(H,27,28). The Morgan fingerprint density at radius 1 is 1.39 bits per heavy atom. The number of aromatic nitrogens is 1. The molecule has 2 N–H and O–H groups in total. The second-order valence-electron chi connectivity index (χ2n) is 7.54. The van der Waals surface area contributed by atoms with E-state index in [1.54, 1.807) is 11.8 Å². The molecule has 1 saturated heterocycles. The first kappa shape index (κ1) is 20.3. The zero-order chi connectivity index (χ0) is 20.6. The maximum Gasteiger partial charge on any atom is 0.341 e. The van der Waals surface area contributed by atoms with E-state index in [0.717, 1.165) is 25.2 Å². The summed E-state index contributed by atoms with van der Waals surface area (Å²) >= 11 is 0. The first-order chi connectivity index (χ1) is 13.2. The number of halogens is 2. The van der Waals surface area contributed by atoms with Crippen LogP contribution in [0, 0.1) is 17.6 Å². The Balaban J connectivity index is 2.07. The first-order valence-corrected chi connectivity index (χ1v) is 9.51. The lowest BCUT2D eigenvalue weighted by molar-refractivity contribution is 0.0695. The van der Waals surface area contributed by atoms with Crippen LogP contribution in [0.3, 0.4) is 0 Å². The third-order valence-corrected chi connectivity index (χ3v) is 5.22. The zero-order valence-electron chi connectivity index (χ0n) is 16.3. The molecule has 8 heteroatoms. The van der Waals surface area contributed by atoms with Crippen LogP contribution in [0.15, 0.2) is 17.1 Å². The van der Waals surface area contributed by atoms with Crippen molar-refractivity contribution >= 4 is 22.6 Å². The van der Waals surface area contributed by atoms with Crippen molar-refractivity contribution in [2.75, 3.05) is 24.5 Å². The number of carbonyl (C=O) groups is 1. The van der Waals surface area contributed by atoms with Gasteiger partial charge < -0.3 is 19.9 Å². The van der Waals surface area contributed by atoms with Crippen LogP contribution in [-0.4, -0.2) is 41.3 Å². The number of fused-ring (bicyclic) bond motifs is 1. The van der Waals surface area contributed by atoms with E-state index in [4.69, 9.17) is 0 Å². The number of carboxylic acid groups (broad SMARTS) is 1. The summed E-state index contributed by atoms with van der Waals surface area (Å²) in [5, 5.41) is 12.3. The number of hydrogen-bond donors (Lipinski definition) is 2. The number of aromatic carboxylic acids is 1. The summed E-state index contributed by atoms with van der Waals surface area (Å²) in [4.78, 5) is 25.4. The van der Waals surface area contributed by atoms with Crippen molar-refractivity contribution < 1.29 is 18.7 Å². The normalized spacial score (nSPS) is 17.1. The number of nitrogens with zero attached hydrogens (tertiary/aromatic N) is 2. The molecule has 1 fully saturated rings. The van der Waals surface area contributed by atoms with Crippen LogP contribution in [-0.2, 0) is 6.54 Å². The van der Waals surface area contributed by atoms with Crippen molar-refractivity contribution in [3.8, 4) is 0 Å². The van der Waals surface area contributed by atoms with E-state index in [9.17, 15) is 19.1 Å². The molecule has 0 radical (unpaired) electrons. The Kier molecular flexibility index (Phi) is 5.69. The van der Waals surface area contributed by atoms with E-state index in [0.29, 0.717) is 19.1 Å². The highest BCUT2D eigenvalue weighted by molar-refractivity contribution is 5.93. The summed E-state index contributed by atoms with van der Waals surface area (Å²) in [7, 11) is 0. The summed E-state index contributed by atoms with van der Waals surface area (Å²) in [5.74, 6) is -2.80. The molecular formula is C20H25F2N3O3. The average Bonchev–Trinajstić information content (AvgIpc) is 3.09. The fourth-order valence-corrected chi connectivity index (χ4v) is 3.77. The smallest absolute Gasteiger partial charge is 0.341 e. The van der Waals surface area contributed by atoms with E-state index in [1.807, 2.05) is 13.8 Å². The van der Waals surface area contributed by atoms with Crippen molar-refractivity contribution in [2.24, 2.45) is 5.92 Å². The summed E-state index contributed by atoms with van der Waals surface area (Å²) in [5.41, 5.74) is -1.58. The number of hydrogen-bond acceptors (Lipinski definition) is 4. The number of pyridine rings is 1. The van der Waals surface area contributed by atoms with Crippen molar-refractivity contribution in [1.82, 2.24) is 9.88 Å². The Bertz CT molecular complexity index is 972. The minimum atomic E-state index is -1.42. The molecular weight excluding hydrogens is 368 g/mol. The van der Waals surface area contributed by atoms with Crippen LogP contribution < -0.4 is 15.6 Å². The predicted molar refractivity (Wildman–Crippen MR) is 104 cm³/mol. The molecule has 1 aromatic carbocycles. The van der Waals surface area contributed by atoms with E-state index < -0.39 is 28.6 Å². The maximum absolute atomic E-state index is 15.4. The molecule has 152 valence electrons. The number of aryl methyl sites for hydroxylation is 1. The first-order valence-electron chi connectivity index (χ1n) is 9.51. The van der Waals surface area contributed by atoms with Crippen molar-refractivity contribution in [3.05, 3.63) is 39.7 Å². The molecule has 1 unspecified atom stereocenters. The van der Waals surface area contributed by atoms with Gasteiger partial charge in [0, 0.05) is 31.9 Å². The van der Waals surface area contributed by atoms with Crippen LogP contribution in [0.2, 0.25) is 0 Å². The Hall–Kier alpha value is -2.48. The fraction of sp³-hybridized carbons (Fsp3) is 0.500. The van der Waals surface area contributed by atoms with E-state index >= 15 is 4.39 Å². The molecule has 0 bridgehead atoms. The summed E-state index contributed by atoms with van der Waals surface area (Å²) in [6.45, 7) is 7.86. The largest absolute Gasteiger partial charge is 0.477 e. The lowest BCUT2D eigenvalue weighted by Gasteiger charge is -2.22. The number of carboxylic acids is 1. The van der Waals surface area contributed by atoms with Gasteiger partial charge in [-0.15, -0.1) is 0 Å². The fourth-order valence-electron chi connectivity index (χ4n) is 3.77. The third kappa shape index (κ3) is 3.61. The molecule has 0 spiro atoms. The van der Waals surface area contributed by atoms with Gasteiger partial charge in [0.15, 0.2) is 5.82 Å². The Labute approximate surface area is 161 Å². The summed E-state index contributed by atoms with van der Waals surface area (Å²) in [6.07, 6.45) is 1.94. The number of benzene rings is 1. The highest BCUT2D eigenvalue weighted by atomic mass is 19.1. The quantitative estimate of drug-likeness (QED) is 0.790. The SMILES string of the molecule is CCn1cc(C(=O)O)c(=O)c2cc(F)c(N3CCC(CNC(C)C)C3)c(F)c21. The molecule has 2 aromatic rings. The lowest BCUT2D eigenvalue weighted by Crippen LogP contribution is -2.31. The van der Waals surface area contributed by atoms with Gasteiger partial charge in [0.1, 0.15) is 17.1 Å². The van der Waals surface area contributed by atoms with Gasteiger partial charge in [-0.1, -0.05) is 13.8 Å². The van der Waals surface area contributed by atoms with Crippen molar-refractivity contribution in [3.63, 3.8) is 0 Å². The minimum absolute atomic E-state index is 0.0577.